The van der Waals surface area contributed by atoms with Gasteiger partial charge in [-0.25, -0.2) is 4.39 Å². The van der Waals surface area contributed by atoms with Crippen LogP contribution in [-0.4, -0.2) is 12.0 Å². The Morgan fingerprint density at radius 2 is 1.88 bits per heavy atom. The van der Waals surface area contributed by atoms with Gasteiger partial charge in [0.1, 0.15) is 5.82 Å². The van der Waals surface area contributed by atoms with Gasteiger partial charge in [0.15, 0.2) is 0 Å². The summed E-state index contributed by atoms with van der Waals surface area (Å²) in [6.07, 6.45) is 2.89. The van der Waals surface area contributed by atoms with Crippen molar-refractivity contribution in [1.29, 1.82) is 0 Å². The number of benzene rings is 1. The van der Waals surface area contributed by atoms with Crippen molar-refractivity contribution in [1.82, 2.24) is 10.3 Å². The van der Waals surface area contributed by atoms with E-state index in [0.717, 1.165) is 11.1 Å². The fourth-order valence-corrected chi connectivity index (χ4v) is 1.76. The molecule has 0 aliphatic heterocycles. The van der Waals surface area contributed by atoms with Crippen molar-refractivity contribution in [2.45, 2.75) is 6.04 Å². The number of hydrogen-bond donors (Lipinski definition) is 1. The van der Waals surface area contributed by atoms with E-state index in [9.17, 15) is 4.39 Å². The molecular weight excluding hydrogens is 203 g/mol. The van der Waals surface area contributed by atoms with Gasteiger partial charge < -0.3 is 5.32 Å². The van der Waals surface area contributed by atoms with Crippen molar-refractivity contribution in [3.63, 3.8) is 0 Å². The van der Waals surface area contributed by atoms with Crippen molar-refractivity contribution >= 4 is 0 Å². The molecule has 16 heavy (non-hydrogen) atoms. The summed E-state index contributed by atoms with van der Waals surface area (Å²) in [4.78, 5) is 3.86. The van der Waals surface area contributed by atoms with Gasteiger partial charge in [0.05, 0.1) is 12.2 Å². The van der Waals surface area contributed by atoms with Crippen LogP contribution in [0.1, 0.15) is 17.2 Å². The highest BCUT2D eigenvalue weighted by atomic mass is 19.1. The van der Waals surface area contributed by atoms with Gasteiger partial charge in [-0.3, -0.25) is 4.98 Å². The Bertz CT molecular complexity index is 456. The monoisotopic (exact) mass is 216 g/mol. The smallest absolute Gasteiger partial charge is 0.141 e. The van der Waals surface area contributed by atoms with Crippen LogP contribution in [0, 0.1) is 5.82 Å². The van der Waals surface area contributed by atoms with Crippen LogP contribution in [-0.2, 0) is 0 Å². The van der Waals surface area contributed by atoms with Crippen LogP contribution in [0.4, 0.5) is 4.39 Å². The van der Waals surface area contributed by atoms with E-state index in [1.807, 2.05) is 37.4 Å². The largest absolute Gasteiger partial charge is 0.309 e. The summed E-state index contributed by atoms with van der Waals surface area (Å²) in [6, 6.07) is 11.4. The summed E-state index contributed by atoms with van der Waals surface area (Å²) in [5, 5.41) is 3.16. The zero-order valence-electron chi connectivity index (χ0n) is 9.02. The third-order valence-corrected chi connectivity index (χ3v) is 2.48. The maximum atomic E-state index is 13.1. The normalized spacial score (nSPS) is 12.4. The number of pyridine rings is 1. The fraction of sp³-hybridized carbons (Fsp3) is 0.154. The third-order valence-electron chi connectivity index (χ3n) is 2.48. The van der Waals surface area contributed by atoms with Gasteiger partial charge >= 0.3 is 0 Å². The molecule has 1 unspecified atom stereocenters. The second-order valence-corrected chi connectivity index (χ2v) is 3.57. The Morgan fingerprint density at radius 1 is 1.12 bits per heavy atom. The molecule has 0 fully saturated rings. The van der Waals surface area contributed by atoms with Crippen LogP contribution >= 0.6 is 0 Å². The van der Waals surface area contributed by atoms with Crippen LogP contribution < -0.4 is 5.32 Å². The molecule has 3 heteroatoms. The Labute approximate surface area is 94.2 Å². The zero-order valence-corrected chi connectivity index (χ0v) is 9.02. The van der Waals surface area contributed by atoms with E-state index in [4.69, 9.17) is 0 Å². The standard InChI is InChI=1S/C13H13FN2/c1-15-13(10-5-3-2-4-6-10)11-7-12(14)9-16-8-11/h2-9,13,15H,1H3. The topological polar surface area (TPSA) is 24.9 Å². The first-order valence-electron chi connectivity index (χ1n) is 5.14. The van der Waals surface area contributed by atoms with E-state index in [1.165, 1.54) is 12.3 Å². The minimum absolute atomic E-state index is 0.0237. The second kappa shape index (κ2) is 4.86. The molecule has 2 nitrogen and oxygen atoms in total. The molecule has 1 aromatic heterocycles. The number of rotatable bonds is 3. The molecule has 0 spiro atoms. The number of nitrogens with one attached hydrogen (secondary N) is 1. The molecule has 82 valence electrons. The maximum Gasteiger partial charge on any atom is 0.141 e. The molecule has 0 bridgehead atoms. The van der Waals surface area contributed by atoms with E-state index >= 15 is 0 Å². The van der Waals surface area contributed by atoms with Gasteiger partial charge in [-0.05, 0) is 24.2 Å². The summed E-state index contributed by atoms with van der Waals surface area (Å²) in [7, 11) is 1.85. The molecule has 0 saturated heterocycles. The highest BCUT2D eigenvalue weighted by Crippen LogP contribution is 2.20. The van der Waals surface area contributed by atoms with Gasteiger partial charge in [0.2, 0.25) is 0 Å². The summed E-state index contributed by atoms with van der Waals surface area (Å²) in [5.74, 6) is -0.311. The Balaban J connectivity index is 2.37. The summed E-state index contributed by atoms with van der Waals surface area (Å²) in [5.41, 5.74) is 1.92. The van der Waals surface area contributed by atoms with Crippen molar-refractivity contribution in [3.05, 3.63) is 65.7 Å². The van der Waals surface area contributed by atoms with Crippen LogP contribution in [0.15, 0.2) is 48.8 Å². The SMILES string of the molecule is CNC(c1ccccc1)c1cncc(F)c1. The molecule has 1 atom stereocenters. The predicted molar refractivity (Wildman–Crippen MR) is 61.5 cm³/mol. The lowest BCUT2D eigenvalue weighted by molar-refractivity contribution is 0.608. The molecule has 1 aromatic carbocycles. The summed E-state index contributed by atoms with van der Waals surface area (Å²) in [6.45, 7) is 0. The first kappa shape index (κ1) is 10.8. The van der Waals surface area contributed by atoms with Crippen molar-refractivity contribution < 1.29 is 4.39 Å². The molecule has 0 saturated carbocycles. The molecule has 0 radical (unpaired) electrons. The maximum absolute atomic E-state index is 13.1. The first-order valence-corrected chi connectivity index (χ1v) is 5.14. The van der Waals surface area contributed by atoms with Gasteiger partial charge in [0, 0.05) is 6.20 Å². The average molecular weight is 216 g/mol. The van der Waals surface area contributed by atoms with Crippen LogP contribution in [0.25, 0.3) is 0 Å². The number of nitrogens with zero attached hydrogens (tertiary/aromatic N) is 1. The minimum atomic E-state index is -0.311. The Kier molecular flexibility index (Phi) is 3.27. The van der Waals surface area contributed by atoms with Gasteiger partial charge in [-0.2, -0.15) is 0 Å². The van der Waals surface area contributed by atoms with Crippen LogP contribution in [0.3, 0.4) is 0 Å². The molecule has 0 aliphatic rings. The quantitative estimate of drug-likeness (QED) is 0.852. The number of halogens is 1. The lowest BCUT2D eigenvalue weighted by Gasteiger charge is -2.16. The molecule has 2 rings (SSSR count). The van der Waals surface area contributed by atoms with Crippen molar-refractivity contribution in [3.8, 4) is 0 Å². The lowest BCUT2D eigenvalue weighted by atomic mass is 10.0. The van der Waals surface area contributed by atoms with E-state index in [2.05, 4.69) is 10.3 Å². The molecule has 1 heterocycles. The second-order valence-electron chi connectivity index (χ2n) is 3.57. The first-order chi connectivity index (χ1) is 7.81. The minimum Gasteiger partial charge on any atom is -0.309 e. The Morgan fingerprint density at radius 3 is 2.50 bits per heavy atom. The van der Waals surface area contributed by atoms with Crippen LogP contribution in [0.5, 0.6) is 0 Å². The number of hydrogen-bond acceptors (Lipinski definition) is 2. The van der Waals surface area contributed by atoms with E-state index in [1.54, 1.807) is 6.20 Å². The Hall–Kier alpha value is -1.74. The highest BCUT2D eigenvalue weighted by molar-refractivity contribution is 5.29. The van der Waals surface area contributed by atoms with Gasteiger partial charge in [0.25, 0.3) is 0 Å². The molecule has 0 amide bonds. The molecule has 2 aromatic rings. The van der Waals surface area contributed by atoms with Crippen molar-refractivity contribution in [2.24, 2.45) is 0 Å². The summed E-state index contributed by atoms with van der Waals surface area (Å²) >= 11 is 0. The van der Waals surface area contributed by atoms with Gasteiger partial charge in [-0.15, -0.1) is 0 Å². The van der Waals surface area contributed by atoms with E-state index < -0.39 is 0 Å². The highest BCUT2D eigenvalue weighted by Gasteiger charge is 2.12. The molecule has 1 N–H and O–H groups in total. The average Bonchev–Trinajstić information content (AvgIpc) is 2.31. The van der Waals surface area contributed by atoms with Gasteiger partial charge in [-0.1, -0.05) is 30.3 Å². The molecular formula is C13H13FN2. The third kappa shape index (κ3) is 2.25. The lowest BCUT2D eigenvalue weighted by Crippen LogP contribution is -2.17. The van der Waals surface area contributed by atoms with Crippen molar-refractivity contribution in [2.75, 3.05) is 7.05 Å². The summed E-state index contributed by atoms with van der Waals surface area (Å²) < 4.78 is 13.1. The molecule has 0 aliphatic carbocycles. The number of aromatic nitrogens is 1. The predicted octanol–water partition coefficient (Wildman–Crippen LogP) is 2.53. The zero-order chi connectivity index (χ0) is 11.4. The van der Waals surface area contributed by atoms with Crippen LogP contribution in [0.2, 0.25) is 0 Å². The van der Waals surface area contributed by atoms with E-state index in [0.29, 0.717) is 0 Å². The van der Waals surface area contributed by atoms with E-state index in [-0.39, 0.29) is 11.9 Å². The fourth-order valence-electron chi connectivity index (χ4n) is 1.76.